The topological polar surface area (TPSA) is 72.5 Å². The van der Waals surface area contributed by atoms with Gasteiger partial charge in [0.25, 0.3) is 5.91 Å². The summed E-state index contributed by atoms with van der Waals surface area (Å²) in [6.45, 7) is 0. The van der Waals surface area contributed by atoms with Crippen LogP contribution in [0.25, 0.3) is 11.1 Å². The molecule has 0 aliphatic carbocycles. The molecule has 1 heterocycles. The molecule has 2 aromatic carbocycles. The molecule has 0 saturated carbocycles. The second-order valence-corrected chi connectivity index (χ2v) is 9.04. The van der Waals surface area contributed by atoms with Crippen LogP contribution in [0, 0.1) is 0 Å². The lowest BCUT2D eigenvalue weighted by Crippen LogP contribution is -2.37. The van der Waals surface area contributed by atoms with Crippen molar-refractivity contribution in [2.45, 2.75) is 25.1 Å². The van der Waals surface area contributed by atoms with Gasteiger partial charge < -0.3 is 5.73 Å². The zero-order chi connectivity index (χ0) is 19.7. The first-order valence-corrected chi connectivity index (χ1v) is 10.3. The number of rotatable bonds is 4. The van der Waals surface area contributed by atoms with Crippen molar-refractivity contribution in [3.8, 4) is 11.1 Å². The number of hydrogen-bond acceptors (Lipinski definition) is 3. The van der Waals surface area contributed by atoms with E-state index in [1.807, 2.05) is 0 Å². The first-order valence-electron chi connectivity index (χ1n) is 8.45. The van der Waals surface area contributed by atoms with E-state index >= 15 is 0 Å². The number of nitrogens with zero attached hydrogens (tertiary/aromatic N) is 1. The molecule has 0 saturated heterocycles. The maximum atomic E-state index is 13.6. The number of carbonyl (C=O) groups excluding carboxylic acids is 1. The summed E-state index contributed by atoms with van der Waals surface area (Å²) < 4.78 is 57.0. The highest BCUT2D eigenvalue weighted by molar-refractivity contribution is 7.93. The summed E-state index contributed by atoms with van der Waals surface area (Å²) in [7, 11) is -2.87. The highest BCUT2D eigenvalue weighted by Crippen LogP contribution is 2.35. The summed E-state index contributed by atoms with van der Waals surface area (Å²) in [4.78, 5) is 11.6. The average Bonchev–Trinajstić information content (AvgIpc) is 2.63. The lowest BCUT2D eigenvalue weighted by Gasteiger charge is -2.19. The molecule has 3 rings (SSSR count). The number of halogens is 3. The van der Waals surface area contributed by atoms with Crippen LogP contribution in [-0.4, -0.2) is 27.7 Å². The standard InChI is InChI=1S/C19H19F3N2O2S/c20-19(21,22)16-12-15(13-4-2-1-3-5-13)7-6-14(16)8-10-27(26)11-9-17(23)18(25)24-27/h1-7,12,17H,8-11,23H2/t17-,27?/m0/s1. The van der Waals surface area contributed by atoms with E-state index in [9.17, 15) is 22.2 Å². The van der Waals surface area contributed by atoms with E-state index in [0.29, 0.717) is 11.1 Å². The predicted molar refractivity (Wildman–Crippen MR) is 98.5 cm³/mol. The fourth-order valence-corrected chi connectivity index (χ4v) is 5.01. The highest BCUT2D eigenvalue weighted by Gasteiger charge is 2.34. The largest absolute Gasteiger partial charge is 0.416 e. The van der Waals surface area contributed by atoms with Crippen LogP contribution in [-0.2, 0) is 27.1 Å². The Morgan fingerprint density at radius 1 is 1.11 bits per heavy atom. The number of benzene rings is 2. The predicted octanol–water partition coefficient (Wildman–Crippen LogP) is 3.64. The molecule has 1 aliphatic rings. The zero-order valence-corrected chi connectivity index (χ0v) is 15.2. The van der Waals surface area contributed by atoms with Gasteiger partial charge in [-0.25, -0.2) is 4.21 Å². The SMILES string of the molecule is N[C@H]1CCS(=O)(CCc2ccc(-c3ccccc3)cc2C(F)(F)F)=NC1=O. The number of nitrogens with two attached hydrogens (primary N) is 1. The van der Waals surface area contributed by atoms with Crippen LogP contribution in [0.1, 0.15) is 17.5 Å². The van der Waals surface area contributed by atoms with Crippen LogP contribution in [0.3, 0.4) is 0 Å². The summed E-state index contributed by atoms with van der Waals surface area (Å²) in [5, 5.41) is 0. The molecule has 8 heteroatoms. The van der Waals surface area contributed by atoms with Crippen LogP contribution < -0.4 is 5.73 Å². The van der Waals surface area contributed by atoms with E-state index in [-0.39, 0.29) is 29.9 Å². The van der Waals surface area contributed by atoms with Crippen molar-refractivity contribution in [1.82, 2.24) is 0 Å². The van der Waals surface area contributed by atoms with Crippen LogP contribution in [0.15, 0.2) is 52.9 Å². The fraction of sp³-hybridized carbons (Fsp3) is 0.316. The molecule has 0 spiro atoms. The maximum Gasteiger partial charge on any atom is 0.416 e. The Bertz CT molecular complexity index is 965. The smallest absolute Gasteiger partial charge is 0.320 e. The summed E-state index contributed by atoms with van der Waals surface area (Å²) in [6.07, 6.45) is -4.37. The van der Waals surface area contributed by atoms with E-state index < -0.39 is 33.4 Å². The van der Waals surface area contributed by atoms with Gasteiger partial charge in [-0.15, -0.1) is 0 Å². The number of alkyl halides is 3. The first-order chi connectivity index (χ1) is 12.7. The van der Waals surface area contributed by atoms with Crippen LogP contribution in [0.2, 0.25) is 0 Å². The van der Waals surface area contributed by atoms with Gasteiger partial charge in [-0.2, -0.15) is 17.5 Å². The van der Waals surface area contributed by atoms with E-state index in [1.165, 1.54) is 6.07 Å². The molecule has 2 atom stereocenters. The monoisotopic (exact) mass is 396 g/mol. The molecule has 2 N–H and O–H groups in total. The Kier molecular flexibility index (Phi) is 5.39. The van der Waals surface area contributed by atoms with Gasteiger partial charge in [-0.3, -0.25) is 4.79 Å². The zero-order valence-electron chi connectivity index (χ0n) is 14.4. The molecule has 0 aromatic heterocycles. The molecule has 1 unspecified atom stereocenters. The molecule has 0 radical (unpaired) electrons. The third-order valence-corrected chi connectivity index (χ3v) is 6.76. The fourth-order valence-electron chi connectivity index (χ4n) is 3.00. The van der Waals surface area contributed by atoms with Crippen LogP contribution in [0.5, 0.6) is 0 Å². The number of hydrogen-bond donors (Lipinski definition) is 1. The third-order valence-electron chi connectivity index (χ3n) is 4.53. The van der Waals surface area contributed by atoms with Gasteiger partial charge >= 0.3 is 6.18 Å². The van der Waals surface area contributed by atoms with E-state index in [4.69, 9.17) is 5.73 Å². The van der Waals surface area contributed by atoms with Gasteiger partial charge in [0.2, 0.25) is 0 Å². The van der Waals surface area contributed by atoms with Crippen molar-refractivity contribution in [2.75, 3.05) is 11.5 Å². The average molecular weight is 396 g/mol. The molecular formula is C19H19F3N2O2S. The first kappa shape index (κ1) is 19.6. The Balaban J connectivity index is 1.91. The van der Waals surface area contributed by atoms with E-state index in [2.05, 4.69) is 4.36 Å². The second-order valence-electron chi connectivity index (χ2n) is 6.49. The van der Waals surface area contributed by atoms with Gasteiger partial charge in [0, 0.05) is 11.5 Å². The Hall–Kier alpha value is -2.19. The second kappa shape index (κ2) is 7.44. The summed E-state index contributed by atoms with van der Waals surface area (Å²) in [5.74, 6) is -0.607. The van der Waals surface area contributed by atoms with Crippen molar-refractivity contribution in [2.24, 2.45) is 10.1 Å². The maximum absolute atomic E-state index is 13.6. The lowest BCUT2D eigenvalue weighted by atomic mass is 9.97. The summed E-state index contributed by atoms with van der Waals surface area (Å²) >= 11 is 0. The van der Waals surface area contributed by atoms with Crippen LogP contribution >= 0.6 is 0 Å². The Morgan fingerprint density at radius 2 is 1.81 bits per heavy atom. The minimum Gasteiger partial charge on any atom is -0.320 e. The molecule has 4 nitrogen and oxygen atoms in total. The normalized spacial score (nSPS) is 23.1. The van der Waals surface area contributed by atoms with Crippen LogP contribution in [0.4, 0.5) is 13.2 Å². The number of aryl methyl sites for hydroxylation is 1. The van der Waals surface area contributed by atoms with Gasteiger partial charge in [-0.1, -0.05) is 42.5 Å². The molecule has 2 aromatic rings. The molecule has 0 bridgehead atoms. The van der Waals surface area contributed by atoms with Crippen molar-refractivity contribution < 1.29 is 22.2 Å². The molecule has 0 fully saturated rings. The minimum atomic E-state index is -4.53. The van der Waals surface area contributed by atoms with Gasteiger partial charge in [-0.05, 0) is 35.6 Å². The van der Waals surface area contributed by atoms with Crippen molar-refractivity contribution >= 4 is 15.6 Å². The van der Waals surface area contributed by atoms with Crippen molar-refractivity contribution in [3.63, 3.8) is 0 Å². The summed E-state index contributed by atoms with van der Waals surface area (Å²) in [5.41, 5.74) is 5.97. The third kappa shape index (κ3) is 4.56. The minimum absolute atomic E-state index is 0.0439. The van der Waals surface area contributed by atoms with Crippen molar-refractivity contribution in [1.29, 1.82) is 0 Å². The molecule has 1 aliphatic heterocycles. The molecule has 144 valence electrons. The molecular weight excluding hydrogens is 377 g/mol. The Morgan fingerprint density at radius 3 is 2.44 bits per heavy atom. The van der Waals surface area contributed by atoms with E-state index in [1.54, 1.807) is 36.4 Å². The quantitative estimate of drug-likeness (QED) is 0.858. The lowest BCUT2D eigenvalue weighted by molar-refractivity contribution is -0.138. The van der Waals surface area contributed by atoms with Gasteiger partial charge in [0.1, 0.15) is 0 Å². The van der Waals surface area contributed by atoms with Gasteiger partial charge in [0.15, 0.2) is 0 Å². The number of amides is 1. The molecule has 27 heavy (non-hydrogen) atoms. The number of carbonyl (C=O) groups is 1. The van der Waals surface area contributed by atoms with E-state index in [0.717, 1.165) is 6.07 Å². The summed E-state index contributed by atoms with van der Waals surface area (Å²) in [6, 6.07) is 12.1. The van der Waals surface area contributed by atoms with Gasteiger partial charge in [0.05, 0.1) is 21.3 Å². The van der Waals surface area contributed by atoms with Crippen molar-refractivity contribution in [3.05, 3.63) is 59.7 Å². The molecule has 1 amide bonds. The highest BCUT2D eigenvalue weighted by atomic mass is 32.2. The Labute approximate surface area is 155 Å².